The Kier molecular flexibility index (Phi) is 6.33. The zero-order valence-corrected chi connectivity index (χ0v) is 11.8. The van der Waals surface area contributed by atoms with Crippen LogP contribution in [0.25, 0.3) is 0 Å². The van der Waals surface area contributed by atoms with Gasteiger partial charge in [-0.1, -0.05) is 36.7 Å². The van der Waals surface area contributed by atoms with E-state index in [9.17, 15) is 13.2 Å². The molecule has 0 spiro atoms. The van der Waals surface area contributed by atoms with E-state index in [1.165, 1.54) is 0 Å². The molecule has 0 saturated carbocycles. The van der Waals surface area contributed by atoms with Gasteiger partial charge < -0.3 is 15.8 Å². The summed E-state index contributed by atoms with van der Waals surface area (Å²) in [4.78, 5) is 1.61. The highest BCUT2D eigenvalue weighted by Gasteiger charge is 2.43. The average molecular weight is 303 g/mol. The lowest BCUT2D eigenvalue weighted by molar-refractivity contribution is -0.153. The van der Waals surface area contributed by atoms with Crippen LogP contribution in [-0.4, -0.2) is 30.3 Å². The Balaban J connectivity index is 2.98. The van der Waals surface area contributed by atoms with E-state index in [-0.39, 0.29) is 6.54 Å². The van der Waals surface area contributed by atoms with E-state index in [1.54, 1.807) is 35.2 Å². The molecule has 4 nitrogen and oxygen atoms in total. The third-order valence-corrected chi connectivity index (χ3v) is 3.17. The first-order valence-corrected chi connectivity index (χ1v) is 6.74. The van der Waals surface area contributed by atoms with Gasteiger partial charge in [0.05, 0.1) is 0 Å². The predicted molar refractivity (Wildman–Crippen MR) is 76.5 cm³/mol. The van der Waals surface area contributed by atoms with Gasteiger partial charge in [0, 0.05) is 18.8 Å². The molecule has 0 aliphatic heterocycles. The van der Waals surface area contributed by atoms with Crippen molar-refractivity contribution in [2.75, 3.05) is 18.0 Å². The van der Waals surface area contributed by atoms with Crippen molar-refractivity contribution >= 4 is 11.5 Å². The van der Waals surface area contributed by atoms with Crippen LogP contribution >= 0.6 is 0 Å². The molecule has 0 bridgehead atoms. The van der Waals surface area contributed by atoms with E-state index in [4.69, 9.17) is 10.9 Å². The average Bonchev–Trinajstić information content (AvgIpc) is 2.46. The molecular formula is C14H20F3N3O. The lowest BCUT2D eigenvalue weighted by atomic mass is 10.1. The van der Waals surface area contributed by atoms with Gasteiger partial charge in [-0.25, -0.2) is 0 Å². The number of oxime groups is 1. The number of benzene rings is 1. The molecule has 0 aliphatic rings. The molecule has 0 radical (unpaired) electrons. The number of hydrogen-bond donors (Lipinski definition) is 2. The number of hydrogen-bond acceptors (Lipinski definition) is 3. The predicted octanol–water partition coefficient (Wildman–Crippen LogP) is 3.22. The van der Waals surface area contributed by atoms with E-state index < -0.39 is 17.9 Å². The van der Waals surface area contributed by atoms with Gasteiger partial charge in [-0.2, -0.15) is 13.2 Å². The van der Waals surface area contributed by atoms with E-state index >= 15 is 0 Å². The van der Waals surface area contributed by atoms with Crippen molar-refractivity contribution in [2.24, 2.45) is 16.8 Å². The first-order chi connectivity index (χ1) is 9.90. The van der Waals surface area contributed by atoms with Gasteiger partial charge in [0.2, 0.25) is 0 Å². The number of anilines is 1. The molecular weight excluding hydrogens is 283 g/mol. The molecule has 0 saturated heterocycles. The summed E-state index contributed by atoms with van der Waals surface area (Å²) >= 11 is 0. The van der Waals surface area contributed by atoms with E-state index in [2.05, 4.69) is 5.16 Å². The fraction of sp³-hybridized carbons (Fsp3) is 0.500. The molecule has 0 amide bonds. The van der Waals surface area contributed by atoms with Gasteiger partial charge in [-0.3, -0.25) is 0 Å². The van der Waals surface area contributed by atoms with Crippen LogP contribution in [0.3, 0.4) is 0 Å². The Morgan fingerprint density at radius 3 is 2.43 bits per heavy atom. The minimum absolute atomic E-state index is 0.372. The molecule has 0 aromatic heterocycles. The third-order valence-electron chi connectivity index (χ3n) is 3.17. The highest BCUT2D eigenvalue weighted by atomic mass is 19.4. The monoisotopic (exact) mass is 303 g/mol. The number of nitrogens with two attached hydrogens (primary N) is 1. The van der Waals surface area contributed by atoms with Crippen molar-refractivity contribution < 1.29 is 18.4 Å². The third kappa shape index (κ3) is 5.17. The summed E-state index contributed by atoms with van der Waals surface area (Å²) in [7, 11) is 0. The van der Waals surface area contributed by atoms with Crippen molar-refractivity contribution in [3.05, 3.63) is 30.3 Å². The number of unbranched alkanes of at least 4 members (excludes halogenated alkanes) is 1. The van der Waals surface area contributed by atoms with Gasteiger partial charge in [-0.15, -0.1) is 0 Å². The van der Waals surface area contributed by atoms with Crippen LogP contribution in [0.1, 0.15) is 19.8 Å². The van der Waals surface area contributed by atoms with Crippen LogP contribution in [0.4, 0.5) is 18.9 Å². The maximum atomic E-state index is 13.1. The maximum Gasteiger partial charge on any atom is 0.400 e. The zero-order valence-electron chi connectivity index (χ0n) is 11.8. The fourth-order valence-electron chi connectivity index (χ4n) is 1.97. The molecule has 1 aromatic carbocycles. The largest absolute Gasteiger partial charge is 0.409 e. The quantitative estimate of drug-likeness (QED) is 0.352. The van der Waals surface area contributed by atoms with Crippen LogP contribution in [0.5, 0.6) is 0 Å². The van der Waals surface area contributed by atoms with E-state index in [0.717, 1.165) is 12.8 Å². The summed E-state index contributed by atoms with van der Waals surface area (Å²) in [5, 5.41) is 11.1. The molecule has 3 N–H and O–H groups in total. The zero-order chi connectivity index (χ0) is 15.9. The first-order valence-electron chi connectivity index (χ1n) is 6.74. The van der Waals surface area contributed by atoms with Crippen molar-refractivity contribution in [1.82, 2.24) is 0 Å². The van der Waals surface area contributed by atoms with E-state index in [0.29, 0.717) is 12.2 Å². The van der Waals surface area contributed by atoms with Crippen LogP contribution in [-0.2, 0) is 0 Å². The molecule has 1 aromatic rings. The fourth-order valence-corrected chi connectivity index (χ4v) is 1.97. The molecule has 7 heteroatoms. The van der Waals surface area contributed by atoms with Crippen LogP contribution in [0.2, 0.25) is 0 Å². The smallest absolute Gasteiger partial charge is 0.400 e. The van der Waals surface area contributed by atoms with Crippen molar-refractivity contribution in [3.8, 4) is 0 Å². The van der Waals surface area contributed by atoms with Gasteiger partial charge in [-0.05, 0) is 18.6 Å². The molecule has 1 rings (SSSR count). The van der Waals surface area contributed by atoms with Gasteiger partial charge in [0.1, 0.15) is 5.92 Å². The Morgan fingerprint density at radius 1 is 1.33 bits per heavy atom. The molecule has 0 aliphatic carbocycles. The number of amidine groups is 1. The maximum absolute atomic E-state index is 13.1. The number of nitrogens with zero attached hydrogens (tertiary/aromatic N) is 2. The Hall–Kier alpha value is -1.92. The molecule has 0 heterocycles. The number of rotatable bonds is 7. The highest BCUT2D eigenvalue weighted by molar-refractivity contribution is 5.83. The van der Waals surface area contributed by atoms with Crippen molar-refractivity contribution in [3.63, 3.8) is 0 Å². The summed E-state index contributed by atoms with van der Waals surface area (Å²) < 4.78 is 39.2. The van der Waals surface area contributed by atoms with Gasteiger partial charge in [0.25, 0.3) is 0 Å². The van der Waals surface area contributed by atoms with Crippen molar-refractivity contribution in [2.45, 2.75) is 25.9 Å². The minimum atomic E-state index is -4.56. The van der Waals surface area contributed by atoms with Crippen molar-refractivity contribution in [1.29, 1.82) is 0 Å². The molecule has 1 unspecified atom stereocenters. The van der Waals surface area contributed by atoms with Gasteiger partial charge >= 0.3 is 6.18 Å². The normalized spacial score (nSPS) is 14.0. The number of halogens is 3. The van der Waals surface area contributed by atoms with Crippen LogP contribution in [0, 0.1) is 5.92 Å². The number of para-hydroxylation sites is 1. The second-order valence-corrected chi connectivity index (χ2v) is 4.75. The Morgan fingerprint density at radius 2 is 1.95 bits per heavy atom. The summed E-state index contributed by atoms with van der Waals surface area (Å²) in [6.07, 6.45) is -2.94. The van der Waals surface area contributed by atoms with E-state index in [1.807, 2.05) is 6.92 Å². The SMILES string of the molecule is CCCCN(CC(/C(N)=N/O)C(F)(F)F)c1ccccc1. The topological polar surface area (TPSA) is 61.8 Å². The van der Waals surface area contributed by atoms with Crippen LogP contribution < -0.4 is 10.6 Å². The lowest BCUT2D eigenvalue weighted by Crippen LogP contribution is -2.44. The number of alkyl halides is 3. The minimum Gasteiger partial charge on any atom is -0.409 e. The standard InChI is InChI=1S/C14H20F3N3O/c1-2-3-9-20(11-7-5-4-6-8-11)10-12(13(18)19-21)14(15,16)17/h4-8,12,21H,2-3,9-10H2,1H3,(H2,18,19). The first kappa shape index (κ1) is 17.1. The molecule has 1 atom stereocenters. The Bertz CT molecular complexity index is 449. The molecule has 21 heavy (non-hydrogen) atoms. The van der Waals surface area contributed by atoms with Crippen LogP contribution in [0.15, 0.2) is 35.5 Å². The second kappa shape index (κ2) is 7.75. The second-order valence-electron chi connectivity index (χ2n) is 4.75. The summed E-state index contributed by atoms with van der Waals surface area (Å²) in [6.45, 7) is 2.07. The summed E-state index contributed by atoms with van der Waals surface area (Å²) in [6, 6.07) is 8.82. The summed E-state index contributed by atoms with van der Waals surface area (Å²) in [5.41, 5.74) is 5.90. The molecule has 118 valence electrons. The Labute approximate surface area is 122 Å². The van der Waals surface area contributed by atoms with Gasteiger partial charge in [0.15, 0.2) is 5.84 Å². The highest BCUT2D eigenvalue weighted by Crippen LogP contribution is 2.29. The lowest BCUT2D eigenvalue weighted by Gasteiger charge is -2.30. The summed E-state index contributed by atoms with van der Waals surface area (Å²) in [5.74, 6) is -2.82. The molecule has 0 fully saturated rings.